The van der Waals surface area contributed by atoms with E-state index >= 15 is 0 Å². The van der Waals surface area contributed by atoms with Gasteiger partial charge in [0.25, 0.3) is 0 Å². The topological polar surface area (TPSA) is 77.8 Å². The lowest BCUT2D eigenvalue weighted by atomic mass is 10.2. The number of halogens is 1. The molecule has 1 aromatic heterocycles. The second-order valence-corrected chi connectivity index (χ2v) is 3.97. The molecule has 0 aliphatic carbocycles. The van der Waals surface area contributed by atoms with Crippen LogP contribution in [0.25, 0.3) is 0 Å². The Morgan fingerprint density at radius 3 is 2.64 bits per heavy atom. The predicted molar refractivity (Wildman–Crippen MR) is 62.5 cm³/mol. The summed E-state index contributed by atoms with van der Waals surface area (Å²) in [4.78, 5) is 7.79. The Morgan fingerprint density at radius 2 is 2.07 bits per heavy atom. The fraction of sp³-hybridized carbons (Fsp3) is 0.500. The number of rotatable bonds is 3. The van der Waals surface area contributed by atoms with E-state index < -0.39 is 0 Å². The molecule has 0 bridgehead atoms. The van der Waals surface area contributed by atoms with Crippen LogP contribution >= 0.6 is 24.2 Å². The molecule has 1 rings (SSSR count). The third-order valence-corrected chi connectivity index (χ3v) is 2.69. The van der Waals surface area contributed by atoms with Crippen molar-refractivity contribution in [1.29, 1.82) is 0 Å². The second kappa shape index (κ2) is 4.70. The average molecular weight is 233 g/mol. The molecule has 0 aliphatic rings. The number of nitrogen functional groups attached to an aromatic ring is 2. The van der Waals surface area contributed by atoms with E-state index in [1.54, 1.807) is 0 Å². The van der Waals surface area contributed by atoms with Crippen LogP contribution in [0.1, 0.15) is 30.7 Å². The zero-order valence-electron chi connectivity index (χ0n) is 7.87. The van der Waals surface area contributed by atoms with Crippen molar-refractivity contribution in [2.45, 2.75) is 25.0 Å². The molecule has 1 heterocycles. The Balaban J connectivity index is 3.07. The lowest BCUT2D eigenvalue weighted by molar-refractivity contribution is 0.763. The van der Waals surface area contributed by atoms with Crippen molar-refractivity contribution < 1.29 is 0 Å². The maximum Gasteiger partial charge on any atom is 0.222 e. The van der Waals surface area contributed by atoms with Crippen molar-refractivity contribution in [1.82, 2.24) is 9.97 Å². The van der Waals surface area contributed by atoms with Gasteiger partial charge in [-0.1, -0.05) is 24.9 Å². The molecule has 0 spiro atoms. The highest BCUT2D eigenvalue weighted by Crippen LogP contribution is 2.32. The minimum absolute atomic E-state index is 0.0416. The normalized spacial score (nSPS) is 12.8. The van der Waals surface area contributed by atoms with Crippen LogP contribution in [0.15, 0.2) is 0 Å². The van der Waals surface area contributed by atoms with Gasteiger partial charge in [-0.05, 0) is 6.42 Å². The van der Waals surface area contributed by atoms with E-state index in [1.807, 2.05) is 0 Å². The minimum atomic E-state index is -0.0416. The van der Waals surface area contributed by atoms with E-state index in [1.165, 1.54) is 0 Å². The summed E-state index contributed by atoms with van der Waals surface area (Å²) in [5.74, 6) is 0.348. The zero-order valence-corrected chi connectivity index (χ0v) is 9.52. The van der Waals surface area contributed by atoms with Gasteiger partial charge < -0.3 is 11.5 Å². The first-order valence-corrected chi connectivity index (χ1v) is 5.22. The fourth-order valence-electron chi connectivity index (χ4n) is 1.13. The highest BCUT2D eigenvalue weighted by Gasteiger charge is 2.15. The number of thiol groups is 1. The van der Waals surface area contributed by atoms with Gasteiger partial charge in [-0.15, -0.1) is 0 Å². The van der Waals surface area contributed by atoms with Crippen molar-refractivity contribution in [3.63, 3.8) is 0 Å². The highest BCUT2D eigenvalue weighted by atomic mass is 35.5. The second-order valence-electron chi connectivity index (χ2n) is 2.97. The molecule has 1 unspecified atom stereocenters. The summed E-state index contributed by atoms with van der Waals surface area (Å²) in [6.07, 6.45) is 1.87. The van der Waals surface area contributed by atoms with Crippen LogP contribution in [0, 0.1) is 0 Å². The van der Waals surface area contributed by atoms with E-state index in [0.717, 1.165) is 12.8 Å². The van der Waals surface area contributed by atoms with Gasteiger partial charge >= 0.3 is 0 Å². The van der Waals surface area contributed by atoms with E-state index in [0.29, 0.717) is 10.7 Å². The van der Waals surface area contributed by atoms with Gasteiger partial charge in [-0.3, -0.25) is 0 Å². The van der Waals surface area contributed by atoms with Gasteiger partial charge in [0.15, 0.2) is 0 Å². The first-order chi connectivity index (χ1) is 6.56. The zero-order chi connectivity index (χ0) is 10.7. The summed E-state index contributed by atoms with van der Waals surface area (Å²) in [7, 11) is 0. The molecule has 0 aromatic carbocycles. The van der Waals surface area contributed by atoms with E-state index in [9.17, 15) is 0 Å². The molecule has 0 fully saturated rings. The molecule has 0 saturated heterocycles. The molecule has 1 aromatic rings. The molecule has 0 aliphatic heterocycles. The van der Waals surface area contributed by atoms with Crippen LogP contribution in [0.3, 0.4) is 0 Å². The van der Waals surface area contributed by atoms with Crippen LogP contribution in [-0.4, -0.2) is 9.97 Å². The van der Waals surface area contributed by atoms with Crippen LogP contribution in [0.5, 0.6) is 0 Å². The first-order valence-electron chi connectivity index (χ1n) is 4.32. The smallest absolute Gasteiger partial charge is 0.222 e. The van der Waals surface area contributed by atoms with Crippen molar-refractivity contribution in [2.75, 3.05) is 11.5 Å². The maximum absolute atomic E-state index is 5.94. The summed E-state index contributed by atoms with van der Waals surface area (Å²) < 4.78 is 0. The number of nitrogens with two attached hydrogens (primary N) is 2. The van der Waals surface area contributed by atoms with Crippen LogP contribution in [0.2, 0.25) is 5.02 Å². The molecule has 0 radical (unpaired) electrons. The van der Waals surface area contributed by atoms with Crippen molar-refractivity contribution in [3.8, 4) is 0 Å². The SMILES string of the molecule is CCCC(S)c1nc(N)nc(N)c1Cl. The van der Waals surface area contributed by atoms with Crippen molar-refractivity contribution in [2.24, 2.45) is 0 Å². The van der Waals surface area contributed by atoms with Crippen LogP contribution in [0.4, 0.5) is 11.8 Å². The Kier molecular flexibility index (Phi) is 3.83. The number of hydrogen-bond acceptors (Lipinski definition) is 5. The maximum atomic E-state index is 5.94. The van der Waals surface area contributed by atoms with Crippen molar-refractivity contribution >= 4 is 36.0 Å². The van der Waals surface area contributed by atoms with Crippen LogP contribution in [-0.2, 0) is 0 Å². The Bertz CT molecular complexity index is 331. The molecular weight excluding hydrogens is 220 g/mol. The monoisotopic (exact) mass is 232 g/mol. The summed E-state index contributed by atoms with van der Waals surface area (Å²) >= 11 is 10.3. The molecule has 14 heavy (non-hydrogen) atoms. The van der Waals surface area contributed by atoms with Crippen molar-refractivity contribution in [3.05, 3.63) is 10.7 Å². The molecular formula is C8H13ClN4S. The number of hydrogen-bond donors (Lipinski definition) is 3. The van der Waals surface area contributed by atoms with Gasteiger partial charge in [0, 0.05) is 5.25 Å². The lowest BCUT2D eigenvalue weighted by Gasteiger charge is -2.11. The molecule has 4 N–H and O–H groups in total. The van der Waals surface area contributed by atoms with E-state index in [2.05, 4.69) is 29.5 Å². The van der Waals surface area contributed by atoms with Crippen LogP contribution < -0.4 is 11.5 Å². The molecule has 6 heteroatoms. The highest BCUT2D eigenvalue weighted by molar-refractivity contribution is 7.80. The minimum Gasteiger partial charge on any atom is -0.382 e. The summed E-state index contributed by atoms with van der Waals surface area (Å²) in [5, 5.41) is 0.313. The largest absolute Gasteiger partial charge is 0.382 e. The van der Waals surface area contributed by atoms with Gasteiger partial charge in [0.05, 0.1) is 5.69 Å². The first kappa shape index (κ1) is 11.4. The molecule has 4 nitrogen and oxygen atoms in total. The lowest BCUT2D eigenvalue weighted by Crippen LogP contribution is -2.06. The van der Waals surface area contributed by atoms with Gasteiger partial charge in [-0.25, -0.2) is 4.98 Å². The third kappa shape index (κ3) is 2.42. The standard InChI is InChI=1S/C8H13ClN4S/c1-2-3-4(14)6-5(9)7(10)13-8(11)12-6/h4,14H,2-3H2,1H3,(H4,10,11,12,13). The van der Waals surface area contributed by atoms with Gasteiger partial charge in [0.2, 0.25) is 5.95 Å². The number of aromatic nitrogens is 2. The predicted octanol–water partition coefficient (Wildman–Crippen LogP) is 2.07. The van der Waals surface area contributed by atoms with Gasteiger partial charge in [0.1, 0.15) is 10.8 Å². The summed E-state index contributed by atoms with van der Waals surface area (Å²) in [6, 6.07) is 0. The number of nitrogens with zero attached hydrogens (tertiary/aromatic N) is 2. The Hall–Kier alpha value is -0.680. The summed E-state index contributed by atoms with van der Waals surface area (Å²) in [5.41, 5.74) is 11.6. The molecule has 78 valence electrons. The Morgan fingerprint density at radius 1 is 1.43 bits per heavy atom. The van der Waals surface area contributed by atoms with E-state index in [4.69, 9.17) is 23.1 Å². The molecule has 1 atom stereocenters. The summed E-state index contributed by atoms with van der Waals surface area (Å²) in [6.45, 7) is 2.06. The Labute approximate surface area is 93.5 Å². The number of anilines is 2. The van der Waals surface area contributed by atoms with E-state index in [-0.39, 0.29) is 17.0 Å². The quantitative estimate of drug-likeness (QED) is 0.698. The fourth-order valence-corrected chi connectivity index (χ4v) is 1.87. The van der Waals surface area contributed by atoms with Gasteiger partial charge in [-0.2, -0.15) is 17.6 Å². The third-order valence-electron chi connectivity index (χ3n) is 1.80. The average Bonchev–Trinajstić information content (AvgIpc) is 2.11. The molecule has 0 saturated carbocycles. The molecule has 0 amide bonds.